The Balaban J connectivity index is 1.94. The molecule has 0 radical (unpaired) electrons. The first-order valence-corrected chi connectivity index (χ1v) is 15.2. The molecule has 5 nitrogen and oxygen atoms in total. The van der Waals surface area contributed by atoms with Crippen molar-refractivity contribution in [3.05, 3.63) is 46.6 Å². The number of hydrogen-bond acceptors (Lipinski definition) is 4. The molecule has 0 heterocycles. The van der Waals surface area contributed by atoms with Crippen LogP contribution < -0.4 is 0 Å². The first-order valence-electron chi connectivity index (χ1n) is 15.2. The fourth-order valence-electron chi connectivity index (χ4n) is 5.75. The Morgan fingerprint density at radius 1 is 0.650 bits per heavy atom. The van der Waals surface area contributed by atoms with E-state index in [-0.39, 0.29) is 34.4 Å². The van der Waals surface area contributed by atoms with Gasteiger partial charge in [-0.3, -0.25) is 14.4 Å². The molecule has 2 rings (SSSR count). The fourth-order valence-corrected chi connectivity index (χ4v) is 5.75. The predicted octanol–water partition coefficient (Wildman–Crippen LogP) is 8.33. The first kappa shape index (κ1) is 33.9. The summed E-state index contributed by atoms with van der Waals surface area (Å²) < 4.78 is 0. The van der Waals surface area contributed by atoms with E-state index in [2.05, 4.69) is 65.8 Å². The topological polar surface area (TPSA) is 91.7 Å². The monoisotopic (exact) mass is 554 g/mol. The molecule has 224 valence electrons. The Morgan fingerprint density at radius 2 is 1.00 bits per heavy atom. The maximum Gasteiger partial charge on any atom is 0.309 e. The second-order valence-corrected chi connectivity index (χ2v) is 14.8. The molecule has 0 bridgehead atoms. The molecule has 2 N–H and O–H groups in total. The van der Waals surface area contributed by atoms with Gasteiger partial charge in [0.1, 0.15) is 0 Å². The lowest BCUT2D eigenvalue weighted by Gasteiger charge is -2.27. The van der Waals surface area contributed by atoms with Crippen molar-refractivity contribution in [2.75, 3.05) is 6.61 Å². The van der Waals surface area contributed by atoms with Crippen molar-refractivity contribution in [2.24, 2.45) is 21.7 Å². The molecule has 40 heavy (non-hydrogen) atoms. The quantitative estimate of drug-likeness (QED) is 0.187. The molecule has 0 unspecified atom stereocenters. The number of aliphatic hydroxyl groups excluding tert-OH is 1. The number of Topliss-reactive ketones (excluding diaryl/α,β-unsaturated/α-hetero) is 2. The van der Waals surface area contributed by atoms with Crippen LogP contribution in [0, 0.1) is 21.7 Å². The zero-order valence-electron chi connectivity index (χ0n) is 26.4. The molecule has 0 atom stereocenters. The molecular weight excluding hydrogens is 500 g/mol. The van der Waals surface area contributed by atoms with Crippen molar-refractivity contribution in [1.29, 1.82) is 0 Å². The lowest BCUT2D eigenvalue weighted by Crippen LogP contribution is -2.23. The minimum Gasteiger partial charge on any atom is -0.481 e. The number of aliphatic hydroxyl groups is 1. The third-order valence-corrected chi connectivity index (χ3v) is 8.30. The number of ketones is 2. The minimum atomic E-state index is -0.786. The van der Waals surface area contributed by atoms with Gasteiger partial charge in [-0.15, -0.1) is 0 Å². The number of unbranched alkanes of at least 4 members (excludes halogenated alkanes) is 2. The number of allylic oxidation sites excluding steroid dienone is 8. The molecule has 0 amide bonds. The van der Waals surface area contributed by atoms with E-state index in [1.807, 2.05) is 0 Å². The average molecular weight is 555 g/mol. The van der Waals surface area contributed by atoms with Crippen molar-refractivity contribution >= 4 is 17.5 Å². The summed E-state index contributed by atoms with van der Waals surface area (Å²) in [6.45, 7) is 16.3. The third kappa shape index (κ3) is 10.3. The summed E-state index contributed by atoms with van der Waals surface area (Å²) >= 11 is 0. The van der Waals surface area contributed by atoms with Crippen LogP contribution in [-0.4, -0.2) is 34.4 Å². The Morgan fingerprint density at radius 3 is 1.35 bits per heavy atom. The van der Waals surface area contributed by atoms with Crippen LogP contribution in [0.25, 0.3) is 0 Å². The predicted molar refractivity (Wildman–Crippen MR) is 163 cm³/mol. The van der Waals surface area contributed by atoms with Gasteiger partial charge in [0.2, 0.25) is 0 Å². The van der Waals surface area contributed by atoms with Crippen molar-refractivity contribution in [3.63, 3.8) is 0 Å². The lowest BCUT2D eigenvalue weighted by molar-refractivity contribution is -0.147. The summed E-state index contributed by atoms with van der Waals surface area (Å²) in [5, 5.41) is 18.8. The molecule has 2 aliphatic rings. The number of carbonyl (C=O) groups excluding carboxylic acids is 2. The SMILES string of the molecule is CC1(C)C=C(CCCCC(C)(C)CO)C(=O)C(CCCC2=CC(C)(C)C=C(CCCCC(C)(C)C(=O)O)C2=O)=C1. The van der Waals surface area contributed by atoms with E-state index < -0.39 is 11.4 Å². The molecule has 0 aromatic rings. The Bertz CT molecular complexity index is 1080. The molecule has 2 aliphatic carbocycles. The Hall–Kier alpha value is -2.27. The summed E-state index contributed by atoms with van der Waals surface area (Å²) in [7, 11) is 0. The lowest BCUT2D eigenvalue weighted by atomic mass is 9.76. The van der Waals surface area contributed by atoms with Gasteiger partial charge in [0.05, 0.1) is 5.41 Å². The molecule has 0 spiro atoms. The number of aliphatic carboxylic acids is 1. The van der Waals surface area contributed by atoms with Crippen LogP contribution >= 0.6 is 0 Å². The average Bonchev–Trinajstić information content (AvgIpc) is 2.84. The van der Waals surface area contributed by atoms with Gasteiger partial charge in [0.25, 0.3) is 0 Å². The van der Waals surface area contributed by atoms with E-state index in [1.165, 1.54) is 0 Å². The van der Waals surface area contributed by atoms with E-state index in [0.29, 0.717) is 25.7 Å². The number of carboxylic acid groups (broad SMARTS) is 1. The Kier molecular flexibility index (Phi) is 11.5. The summed E-state index contributed by atoms with van der Waals surface area (Å²) in [6, 6.07) is 0. The second kappa shape index (κ2) is 13.6. The van der Waals surface area contributed by atoms with Crippen molar-refractivity contribution < 1.29 is 24.6 Å². The van der Waals surface area contributed by atoms with Gasteiger partial charge in [0, 0.05) is 17.4 Å². The van der Waals surface area contributed by atoms with Crippen LogP contribution in [0.3, 0.4) is 0 Å². The summed E-state index contributed by atoms with van der Waals surface area (Å²) in [5.41, 5.74) is 2.21. The zero-order valence-corrected chi connectivity index (χ0v) is 26.4. The number of carboxylic acids is 1. The van der Waals surface area contributed by atoms with E-state index >= 15 is 0 Å². The van der Waals surface area contributed by atoms with E-state index in [9.17, 15) is 24.6 Å². The van der Waals surface area contributed by atoms with Gasteiger partial charge in [-0.2, -0.15) is 0 Å². The first-order chi connectivity index (χ1) is 18.4. The zero-order chi connectivity index (χ0) is 30.4. The van der Waals surface area contributed by atoms with Crippen LogP contribution in [0.4, 0.5) is 0 Å². The summed E-state index contributed by atoms with van der Waals surface area (Å²) in [4.78, 5) is 38.0. The van der Waals surface area contributed by atoms with Crippen molar-refractivity contribution in [3.8, 4) is 0 Å². The molecular formula is C35H54O5. The molecule has 0 aromatic carbocycles. The smallest absolute Gasteiger partial charge is 0.309 e. The molecule has 5 heteroatoms. The van der Waals surface area contributed by atoms with E-state index in [0.717, 1.165) is 67.2 Å². The highest BCUT2D eigenvalue weighted by Crippen LogP contribution is 2.37. The van der Waals surface area contributed by atoms with Crippen LogP contribution in [-0.2, 0) is 14.4 Å². The third-order valence-electron chi connectivity index (χ3n) is 8.30. The normalized spacial score (nSPS) is 19.1. The highest BCUT2D eigenvalue weighted by atomic mass is 16.4. The van der Waals surface area contributed by atoms with Crippen LogP contribution in [0.2, 0.25) is 0 Å². The highest BCUT2D eigenvalue weighted by molar-refractivity contribution is 6.10. The molecule has 0 aromatic heterocycles. The minimum absolute atomic E-state index is 0.0819. The van der Waals surface area contributed by atoms with Gasteiger partial charge < -0.3 is 10.2 Å². The van der Waals surface area contributed by atoms with E-state index in [4.69, 9.17) is 0 Å². The largest absolute Gasteiger partial charge is 0.481 e. The maximum atomic E-state index is 13.3. The fraction of sp³-hybridized carbons (Fsp3) is 0.686. The van der Waals surface area contributed by atoms with Crippen LogP contribution in [0.1, 0.15) is 126 Å². The highest BCUT2D eigenvalue weighted by Gasteiger charge is 2.30. The van der Waals surface area contributed by atoms with E-state index in [1.54, 1.807) is 13.8 Å². The van der Waals surface area contributed by atoms with Crippen LogP contribution in [0.5, 0.6) is 0 Å². The number of rotatable bonds is 16. The summed E-state index contributed by atoms with van der Waals surface area (Å²) in [5.74, 6) is -0.533. The molecule has 0 fully saturated rings. The number of carbonyl (C=O) groups is 3. The van der Waals surface area contributed by atoms with Gasteiger partial charge in [0.15, 0.2) is 11.6 Å². The van der Waals surface area contributed by atoms with Gasteiger partial charge in [-0.1, -0.05) is 78.7 Å². The Labute approximate surface area is 242 Å². The standard InChI is InChI=1S/C35H54O5/c1-32(2,24-36)18-11-9-14-25-20-33(3,4)22-27(29(25)37)16-13-17-28-23-34(5,6)21-26(30(28)38)15-10-12-19-35(7,8)31(39)40/h20-23,36H,9-19,24H2,1-8H3,(H,39,40). The van der Waals surface area contributed by atoms with Gasteiger partial charge in [-0.05, 0) is 99.3 Å². The molecule has 0 saturated carbocycles. The molecule has 0 saturated heterocycles. The molecule has 0 aliphatic heterocycles. The second-order valence-electron chi connectivity index (χ2n) is 14.8. The van der Waals surface area contributed by atoms with Crippen molar-refractivity contribution in [2.45, 2.75) is 126 Å². The number of hydrogen-bond donors (Lipinski definition) is 2. The summed E-state index contributed by atoms with van der Waals surface area (Å²) in [6.07, 6.45) is 16.8. The van der Waals surface area contributed by atoms with Gasteiger partial charge in [-0.25, -0.2) is 0 Å². The maximum absolute atomic E-state index is 13.3. The van der Waals surface area contributed by atoms with Crippen LogP contribution in [0.15, 0.2) is 46.6 Å². The van der Waals surface area contributed by atoms with Gasteiger partial charge >= 0.3 is 5.97 Å². The van der Waals surface area contributed by atoms with Crippen molar-refractivity contribution in [1.82, 2.24) is 0 Å².